The molecule has 1 amide bonds. The fourth-order valence-corrected chi connectivity index (χ4v) is 2.04. The summed E-state index contributed by atoms with van der Waals surface area (Å²) < 4.78 is 31.5. The fourth-order valence-electron chi connectivity index (χ4n) is 1.87. The zero-order valence-corrected chi connectivity index (χ0v) is 13.7. The lowest BCUT2D eigenvalue weighted by atomic mass is 10.2. The van der Waals surface area contributed by atoms with Crippen LogP contribution < -0.4 is 15.4 Å². The molecule has 2 rings (SSSR count). The van der Waals surface area contributed by atoms with Gasteiger partial charge in [0.2, 0.25) is 0 Å². The van der Waals surface area contributed by atoms with Crippen LogP contribution in [0.2, 0.25) is 5.02 Å². The first-order valence-corrected chi connectivity index (χ1v) is 7.29. The number of hydrogen-bond acceptors (Lipinski definition) is 4. The van der Waals surface area contributed by atoms with Gasteiger partial charge in [0.1, 0.15) is 29.0 Å². The summed E-state index contributed by atoms with van der Waals surface area (Å²) >= 11 is 5.87. The van der Waals surface area contributed by atoms with Crippen LogP contribution in [0.1, 0.15) is 0 Å². The Morgan fingerprint density at radius 3 is 2.64 bits per heavy atom. The second kappa shape index (κ2) is 8.13. The molecule has 0 radical (unpaired) electrons. The van der Waals surface area contributed by atoms with Gasteiger partial charge in [-0.3, -0.25) is 4.79 Å². The zero-order chi connectivity index (χ0) is 18.4. The molecule has 2 aromatic carbocycles. The number of halogens is 3. The Hall–Kier alpha value is -3.11. The van der Waals surface area contributed by atoms with Gasteiger partial charge in [-0.25, -0.2) is 8.78 Å². The van der Waals surface area contributed by atoms with E-state index >= 15 is 0 Å². The molecule has 8 heteroatoms. The van der Waals surface area contributed by atoms with Crippen molar-refractivity contribution in [3.63, 3.8) is 0 Å². The predicted molar refractivity (Wildman–Crippen MR) is 90.3 cm³/mol. The summed E-state index contributed by atoms with van der Waals surface area (Å²) in [6.45, 7) is 0. The minimum absolute atomic E-state index is 0.0812. The Bertz CT molecular complexity index is 879. The van der Waals surface area contributed by atoms with Gasteiger partial charge in [-0.15, -0.1) is 0 Å². The number of methoxy groups -OCH3 is 1. The van der Waals surface area contributed by atoms with Gasteiger partial charge in [-0.1, -0.05) is 11.6 Å². The van der Waals surface area contributed by atoms with Gasteiger partial charge < -0.3 is 15.4 Å². The number of rotatable bonds is 5. The van der Waals surface area contributed by atoms with Crippen LogP contribution in [0, 0.1) is 23.0 Å². The van der Waals surface area contributed by atoms with E-state index in [-0.39, 0.29) is 16.9 Å². The maximum absolute atomic E-state index is 13.5. The molecule has 5 nitrogen and oxygen atoms in total. The van der Waals surface area contributed by atoms with Crippen LogP contribution >= 0.6 is 11.6 Å². The number of nitrogens with one attached hydrogen (secondary N) is 2. The molecule has 2 aromatic rings. The first kappa shape index (κ1) is 18.2. The third-order valence-corrected chi connectivity index (χ3v) is 3.31. The van der Waals surface area contributed by atoms with E-state index in [1.807, 2.05) is 0 Å². The van der Waals surface area contributed by atoms with Gasteiger partial charge in [0.05, 0.1) is 18.5 Å². The highest BCUT2D eigenvalue weighted by atomic mass is 35.5. The molecule has 0 bridgehead atoms. The maximum Gasteiger partial charge on any atom is 0.267 e. The summed E-state index contributed by atoms with van der Waals surface area (Å²) in [4.78, 5) is 12.2. The Balaban J connectivity index is 2.18. The van der Waals surface area contributed by atoms with Crippen molar-refractivity contribution in [2.24, 2.45) is 0 Å². The SMILES string of the molecule is COc1ccc(Cl)cc1NC(=O)/C(C#N)=C\Nc1ccc(F)cc1F. The predicted octanol–water partition coefficient (Wildman–Crippen LogP) is 4.08. The molecule has 0 aromatic heterocycles. The van der Waals surface area contributed by atoms with Gasteiger partial charge in [0.25, 0.3) is 5.91 Å². The molecule has 0 spiro atoms. The molecule has 0 aliphatic rings. The number of benzene rings is 2. The zero-order valence-electron chi connectivity index (χ0n) is 12.9. The average molecular weight is 364 g/mol. The number of anilines is 2. The molecule has 2 N–H and O–H groups in total. The second-order valence-electron chi connectivity index (χ2n) is 4.74. The molecular weight excluding hydrogens is 352 g/mol. The van der Waals surface area contributed by atoms with E-state index in [2.05, 4.69) is 10.6 Å². The normalized spacial score (nSPS) is 10.8. The van der Waals surface area contributed by atoms with E-state index in [1.165, 1.54) is 13.2 Å². The molecule has 25 heavy (non-hydrogen) atoms. The van der Waals surface area contributed by atoms with Crippen LogP contribution in [-0.4, -0.2) is 13.0 Å². The third kappa shape index (κ3) is 4.68. The lowest BCUT2D eigenvalue weighted by Crippen LogP contribution is -2.15. The van der Waals surface area contributed by atoms with Crippen molar-refractivity contribution < 1.29 is 18.3 Å². The Morgan fingerprint density at radius 1 is 1.24 bits per heavy atom. The summed E-state index contributed by atoms with van der Waals surface area (Å²) in [6, 6.07) is 9.16. The Kier molecular flexibility index (Phi) is 5.93. The monoisotopic (exact) mass is 363 g/mol. The highest BCUT2D eigenvalue weighted by molar-refractivity contribution is 6.31. The van der Waals surface area contributed by atoms with Crippen LogP contribution in [0.15, 0.2) is 48.2 Å². The molecular formula is C17H12ClF2N3O2. The summed E-state index contributed by atoms with van der Waals surface area (Å²) in [7, 11) is 1.42. The third-order valence-electron chi connectivity index (χ3n) is 3.08. The molecule has 0 saturated heterocycles. The molecule has 128 valence electrons. The van der Waals surface area contributed by atoms with E-state index in [4.69, 9.17) is 21.6 Å². The Morgan fingerprint density at radius 2 is 2.00 bits per heavy atom. The van der Waals surface area contributed by atoms with E-state index in [0.29, 0.717) is 16.8 Å². The summed E-state index contributed by atoms with van der Waals surface area (Å²) in [5.74, 6) is -1.99. The average Bonchev–Trinajstić information content (AvgIpc) is 2.57. The van der Waals surface area contributed by atoms with Gasteiger partial charge in [0, 0.05) is 17.3 Å². The second-order valence-corrected chi connectivity index (χ2v) is 5.17. The van der Waals surface area contributed by atoms with Crippen LogP contribution in [0.25, 0.3) is 0 Å². The molecule has 0 saturated carbocycles. The molecule has 0 aliphatic heterocycles. The van der Waals surface area contributed by atoms with Gasteiger partial charge >= 0.3 is 0 Å². The number of amides is 1. The highest BCUT2D eigenvalue weighted by Crippen LogP contribution is 2.28. The number of ether oxygens (including phenoxy) is 1. The van der Waals surface area contributed by atoms with Crippen LogP contribution in [0.3, 0.4) is 0 Å². The maximum atomic E-state index is 13.5. The smallest absolute Gasteiger partial charge is 0.267 e. The summed E-state index contributed by atoms with van der Waals surface area (Å²) in [5.41, 5.74) is -0.137. The van der Waals surface area contributed by atoms with E-state index < -0.39 is 17.5 Å². The quantitative estimate of drug-likeness (QED) is 0.620. The van der Waals surface area contributed by atoms with Crippen LogP contribution in [0.4, 0.5) is 20.2 Å². The molecule has 0 unspecified atom stereocenters. The Labute approximate surface area is 147 Å². The summed E-state index contributed by atoms with van der Waals surface area (Å²) in [6.07, 6.45) is 1.02. The van der Waals surface area contributed by atoms with Crippen molar-refractivity contribution in [3.05, 3.63) is 64.8 Å². The number of hydrogen-bond donors (Lipinski definition) is 2. The molecule has 0 heterocycles. The van der Waals surface area contributed by atoms with Crippen LogP contribution in [-0.2, 0) is 4.79 Å². The van der Waals surface area contributed by atoms with Crippen molar-refractivity contribution in [2.75, 3.05) is 17.7 Å². The van der Waals surface area contributed by atoms with Crippen molar-refractivity contribution in [2.45, 2.75) is 0 Å². The topological polar surface area (TPSA) is 74.1 Å². The minimum atomic E-state index is -0.856. The van der Waals surface area contributed by atoms with Crippen molar-refractivity contribution in [1.29, 1.82) is 5.26 Å². The minimum Gasteiger partial charge on any atom is -0.495 e. The van der Waals surface area contributed by atoms with E-state index in [9.17, 15) is 13.6 Å². The summed E-state index contributed by atoms with van der Waals surface area (Å²) in [5, 5.41) is 14.4. The number of carbonyl (C=O) groups is 1. The lowest BCUT2D eigenvalue weighted by molar-refractivity contribution is -0.112. The first-order chi connectivity index (χ1) is 11.9. The van der Waals surface area contributed by atoms with E-state index in [1.54, 1.807) is 18.2 Å². The fraction of sp³-hybridized carbons (Fsp3) is 0.0588. The molecule has 0 aliphatic carbocycles. The van der Waals surface area contributed by atoms with Gasteiger partial charge in [0.15, 0.2) is 0 Å². The highest BCUT2D eigenvalue weighted by Gasteiger charge is 2.13. The molecule has 0 atom stereocenters. The first-order valence-electron chi connectivity index (χ1n) is 6.91. The van der Waals surface area contributed by atoms with E-state index in [0.717, 1.165) is 18.3 Å². The number of nitriles is 1. The lowest BCUT2D eigenvalue weighted by Gasteiger charge is -2.10. The van der Waals surface area contributed by atoms with Gasteiger partial charge in [-0.05, 0) is 30.3 Å². The van der Waals surface area contributed by atoms with Crippen molar-refractivity contribution in [1.82, 2.24) is 0 Å². The van der Waals surface area contributed by atoms with Crippen molar-refractivity contribution in [3.8, 4) is 11.8 Å². The molecule has 0 fully saturated rings. The number of carbonyl (C=O) groups excluding carboxylic acids is 1. The number of nitrogens with zero attached hydrogens (tertiary/aromatic N) is 1. The van der Waals surface area contributed by atoms with Gasteiger partial charge in [-0.2, -0.15) is 5.26 Å². The largest absolute Gasteiger partial charge is 0.495 e. The standard InChI is InChI=1S/C17H12ClF2N3O2/c1-25-16-5-2-11(18)6-15(16)23-17(24)10(8-21)9-22-14-4-3-12(19)7-13(14)20/h2-7,9,22H,1H3,(H,23,24)/b10-9-. The van der Waals surface area contributed by atoms with Crippen LogP contribution in [0.5, 0.6) is 5.75 Å². The van der Waals surface area contributed by atoms with Crippen molar-refractivity contribution >= 4 is 28.9 Å².